The number of hydrogen-bond acceptors (Lipinski definition) is 6. The van der Waals surface area contributed by atoms with Crippen molar-refractivity contribution < 1.29 is 23.2 Å². The Morgan fingerprint density at radius 2 is 1.94 bits per heavy atom. The van der Waals surface area contributed by atoms with Crippen molar-refractivity contribution in [1.82, 2.24) is 5.32 Å². The first-order chi connectivity index (χ1) is 8.51. The fourth-order valence-electron chi connectivity index (χ4n) is 1.72. The van der Waals surface area contributed by atoms with Crippen LogP contribution in [0.5, 0.6) is 0 Å². The molecule has 1 fully saturated rings. The number of sulfone groups is 1. The SMILES string of the molecule is O=S(=O)(c1ccc(B(O)O)cc1)C1CNCCO1. The quantitative estimate of drug-likeness (QED) is 0.555. The van der Waals surface area contributed by atoms with Gasteiger partial charge in [0.25, 0.3) is 0 Å². The van der Waals surface area contributed by atoms with E-state index in [9.17, 15) is 8.42 Å². The minimum atomic E-state index is -3.55. The lowest BCUT2D eigenvalue weighted by Gasteiger charge is -2.23. The number of hydrogen-bond donors (Lipinski definition) is 3. The standard InChI is InChI=1S/C10H14BNO5S/c13-11(14)8-1-3-9(4-2-8)18(15,16)10-7-12-5-6-17-10/h1-4,10,12-14H,5-7H2. The molecule has 1 saturated heterocycles. The van der Waals surface area contributed by atoms with Gasteiger partial charge in [0, 0.05) is 13.1 Å². The molecule has 0 aromatic heterocycles. The number of benzene rings is 1. The maximum atomic E-state index is 12.2. The predicted octanol–water partition coefficient (Wildman–Crippen LogP) is -1.91. The molecule has 1 atom stereocenters. The first kappa shape index (κ1) is 13.5. The van der Waals surface area contributed by atoms with Crippen LogP contribution in [0.4, 0.5) is 0 Å². The molecule has 1 aromatic rings. The summed E-state index contributed by atoms with van der Waals surface area (Å²) in [5.41, 5.74) is -0.646. The van der Waals surface area contributed by atoms with Gasteiger partial charge in [-0.2, -0.15) is 0 Å². The van der Waals surface area contributed by atoms with Gasteiger partial charge < -0.3 is 20.1 Å². The Morgan fingerprint density at radius 3 is 2.44 bits per heavy atom. The van der Waals surface area contributed by atoms with Crippen LogP contribution in [-0.4, -0.2) is 50.7 Å². The van der Waals surface area contributed by atoms with E-state index in [1.54, 1.807) is 0 Å². The highest BCUT2D eigenvalue weighted by atomic mass is 32.2. The zero-order chi connectivity index (χ0) is 13.2. The lowest BCUT2D eigenvalue weighted by Crippen LogP contribution is -2.43. The Kier molecular flexibility index (Phi) is 4.03. The molecule has 0 radical (unpaired) electrons. The van der Waals surface area contributed by atoms with E-state index < -0.39 is 22.4 Å². The van der Waals surface area contributed by atoms with Crippen molar-refractivity contribution >= 4 is 22.4 Å². The van der Waals surface area contributed by atoms with E-state index in [1.165, 1.54) is 24.3 Å². The van der Waals surface area contributed by atoms with Crippen LogP contribution in [0.15, 0.2) is 29.2 Å². The van der Waals surface area contributed by atoms with Gasteiger partial charge in [0.2, 0.25) is 9.84 Å². The number of nitrogens with one attached hydrogen (secondary N) is 1. The summed E-state index contributed by atoms with van der Waals surface area (Å²) in [5, 5.41) is 20.8. The Labute approximate surface area is 106 Å². The van der Waals surface area contributed by atoms with Crippen LogP contribution in [0.1, 0.15) is 0 Å². The maximum Gasteiger partial charge on any atom is 0.488 e. The molecule has 1 unspecified atom stereocenters. The number of rotatable bonds is 3. The van der Waals surface area contributed by atoms with Gasteiger partial charge in [-0.05, 0) is 17.6 Å². The molecule has 0 aliphatic carbocycles. The van der Waals surface area contributed by atoms with E-state index in [-0.39, 0.29) is 16.9 Å². The van der Waals surface area contributed by atoms with Crippen LogP contribution in [0.2, 0.25) is 0 Å². The highest BCUT2D eigenvalue weighted by molar-refractivity contribution is 7.92. The van der Waals surface area contributed by atoms with Crippen molar-refractivity contribution in [1.29, 1.82) is 0 Å². The normalized spacial score (nSPS) is 20.7. The molecule has 6 nitrogen and oxygen atoms in total. The maximum absolute atomic E-state index is 12.2. The molecule has 0 amide bonds. The zero-order valence-electron chi connectivity index (χ0n) is 9.61. The van der Waals surface area contributed by atoms with Crippen LogP contribution in [0.25, 0.3) is 0 Å². The van der Waals surface area contributed by atoms with Crippen molar-refractivity contribution in [2.24, 2.45) is 0 Å². The Hall–Kier alpha value is -0.925. The molecule has 0 bridgehead atoms. The molecule has 1 aromatic carbocycles. The molecule has 98 valence electrons. The molecule has 0 spiro atoms. The number of ether oxygens (including phenoxy) is 1. The van der Waals surface area contributed by atoms with Gasteiger partial charge in [0.1, 0.15) is 0 Å². The van der Waals surface area contributed by atoms with Gasteiger partial charge in [-0.1, -0.05) is 12.1 Å². The summed E-state index contributed by atoms with van der Waals surface area (Å²) in [7, 11) is -5.15. The summed E-state index contributed by atoms with van der Waals surface area (Å²) in [6.07, 6.45) is 0. The molecule has 1 heterocycles. The second-order valence-electron chi connectivity index (χ2n) is 3.99. The Bertz CT molecular complexity index is 496. The van der Waals surface area contributed by atoms with Crippen molar-refractivity contribution in [2.45, 2.75) is 10.3 Å². The zero-order valence-corrected chi connectivity index (χ0v) is 10.4. The van der Waals surface area contributed by atoms with E-state index >= 15 is 0 Å². The average molecular weight is 271 g/mol. The van der Waals surface area contributed by atoms with Crippen LogP contribution in [0, 0.1) is 0 Å². The summed E-state index contributed by atoms with van der Waals surface area (Å²) < 4.78 is 29.6. The summed E-state index contributed by atoms with van der Waals surface area (Å²) in [4.78, 5) is 0.112. The molecule has 3 N–H and O–H groups in total. The fraction of sp³-hybridized carbons (Fsp3) is 0.400. The second-order valence-corrected chi connectivity index (χ2v) is 6.08. The van der Waals surface area contributed by atoms with Gasteiger partial charge in [-0.25, -0.2) is 8.42 Å². The van der Waals surface area contributed by atoms with E-state index in [0.717, 1.165) is 0 Å². The predicted molar refractivity (Wildman–Crippen MR) is 66.1 cm³/mol. The van der Waals surface area contributed by atoms with Crippen LogP contribution >= 0.6 is 0 Å². The van der Waals surface area contributed by atoms with E-state index in [4.69, 9.17) is 14.8 Å². The fourth-order valence-corrected chi connectivity index (χ4v) is 3.15. The molecule has 18 heavy (non-hydrogen) atoms. The molecule has 0 saturated carbocycles. The lowest BCUT2D eigenvalue weighted by atomic mass is 9.81. The summed E-state index contributed by atoms with van der Waals surface area (Å²) in [6, 6.07) is 5.44. The molecule has 2 rings (SSSR count). The van der Waals surface area contributed by atoms with Crippen molar-refractivity contribution in [2.75, 3.05) is 19.7 Å². The highest BCUT2D eigenvalue weighted by Crippen LogP contribution is 2.17. The molecular weight excluding hydrogens is 257 g/mol. The Morgan fingerprint density at radius 1 is 1.28 bits per heavy atom. The second kappa shape index (κ2) is 5.37. The minimum absolute atomic E-state index is 0.112. The topological polar surface area (TPSA) is 95.9 Å². The van der Waals surface area contributed by atoms with E-state index in [0.29, 0.717) is 13.2 Å². The average Bonchev–Trinajstić information content (AvgIpc) is 2.40. The van der Waals surface area contributed by atoms with Crippen LogP contribution < -0.4 is 10.8 Å². The smallest absolute Gasteiger partial charge is 0.423 e. The van der Waals surface area contributed by atoms with Crippen LogP contribution in [-0.2, 0) is 14.6 Å². The van der Waals surface area contributed by atoms with Gasteiger partial charge in [-0.15, -0.1) is 0 Å². The number of morpholine rings is 1. The minimum Gasteiger partial charge on any atom is -0.423 e. The molecular formula is C10H14BNO5S. The largest absolute Gasteiger partial charge is 0.488 e. The third kappa shape index (κ3) is 2.73. The van der Waals surface area contributed by atoms with Gasteiger partial charge in [-0.3, -0.25) is 0 Å². The summed E-state index contributed by atoms with van der Waals surface area (Å²) >= 11 is 0. The third-order valence-electron chi connectivity index (χ3n) is 2.75. The van der Waals surface area contributed by atoms with Crippen molar-refractivity contribution in [3.8, 4) is 0 Å². The van der Waals surface area contributed by atoms with Crippen LogP contribution in [0.3, 0.4) is 0 Å². The van der Waals surface area contributed by atoms with E-state index in [2.05, 4.69) is 5.32 Å². The molecule has 1 aliphatic rings. The molecule has 1 aliphatic heterocycles. The lowest BCUT2D eigenvalue weighted by molar-refractivity contribution is 0.0785. The van der Waals surface area contributed by atoms with Crippen molar-refractivity contribution in [3.63, 3.8) is 0 Å². The van der Waals surface area contributed by atoms with Crippen molar-refractivity contribution in [3.05, 3.63) is 24.3 Å². The van der Waals surface area contributed by atoms with Gasteiger partial charge in [0.05, 0.1) is 11.5 Å². The molecule has 8 heteroatoms. The van der Waals surface area contributed by atoms with E-state index in [1.807, 2.05) is 0 Å². The summed E-state index contributed by atoms with van der Waals surface area (Å²) in [5.74, 6) is 0. The van der Waals surface area contributed by atoms with Gasteiger partial charge in [0.15, 0.2) is 5.44 Å². The third-order valence-corrected chi connectivity index (χ3v) is 4.67. The first-order valence-corrected chi connectivity index (χ1v) is 7.09. The Balaban J connectivity index is 2.23. The summed E-state index contributed by atoms with van der Waals surface area (Å²) in [6.45, 7) is 1.26. The van der Waals surface area contributed by atoms with Gasteiger partial charge >= 0.3 is 7.12 Å². The first-order valence-electron chi connectivity index (χ1n) is 5.54. The monoisotopic (exact) mass is 271 g/mol. The highest BCUT2D eigenvalue weighted by Gasteiger charge is 2.30.